The second kappa shape index (κ2) is 4.97. The maximum atomic E-state index is 11.8. The SMILES string of the molecule is CN(CCC1CCCC1)C(=O)C1CNC1. The lowest BCUT2D eigenvalue weighted by Crippen LogP contribution is -2.51. The Kier molecular flexibility index (Phi) is 3.62. The predicted octanol–water partition coefficient (Wildman–Crippen LogP) is 1.24. The maximum absolute atomic E-state index is 11.8. The monoisotopic (exact) mass is 210 g/mol. The predicted molar refractivity (Wildman–Crippen MR) is 60.6 cm³/mol. The normalized spacial score (nSPS) is 22.7. The molecular formula is C12H22N2O. The van der Waals surface area contributed by atoms with Crippen LogP contribution in [0.3, 0.4) is 0 Å². The third-order valence-corrected chi connectivity index (χ3v) is 3.85. The van der Waals surface area contributed by atoms with Crippen LogP contribution in [0.2, 0.25) is 0 Å². The maximum Gasteiger partial charge on any atom is 0.227 e. The van der Waals surface area contributed by atoms with Gasteiger partial charge in [-0.1, -0.05) is 25.7 Å². The van der Waals surface area contributed by atoms with E-state index in [9.17, 15) is 4.79 Å². The molecule has 3 nitrogen and oxygen atoms in total. The molecule has 0 aromatic carbocycles. The summed E-state index contributed by atoms with van der Waals surface area (Å²) in [6, 6.07) is 0. The molecule has 0 unspecified atom stereocenters. The third-order valence-electron chi connectivity index (χ3n) is 3.85. The summed E-state index contributed by atoms with van der Waals surface area (Å²) in [5.41, 5.74) is 0. The number of nitrogens with one attached hydrogen (secondary N) is 1. The lowest BCUT2D eigenvalue weighted by molar-refractivity contribution is -0.135. The van der Waals surface area contributed by atoms with E-state index in [-0.39, 0.29) is 5.92 Å². The first-order valence-corrected chi connectivity index (χ1v) is 6.23. The van der Waals surface area contributed by atoms with Crippen molar-refractivity contribution in [3.05, 3.63) is 0 Å². The van der Waals surface area contributed by atoms with E-state index in [1.165, 1.54) is 32.1 Å². The summed E-state index contributed by atoms with van der Waals surface area (Å²) in [6.45, 7) is 2.72. The molecule has 0 aromatic heterocycles. The summed E-state index contributed by atoms with van der Waals surface area (Å²) in [5.74, 6) is 1.49. The number of hydrogen-bond donors (Lipinski definition) is 1. The van der Waals surface area contributed by atoms with Gasteiger partial charge in [0, 0.05) is 26.7 Å². The van der Waals surface area contributed by atoms with Gasteiger partial charge < -0.3 is 10.2 Å². The fraction of sp³-hybridized carbons (Fsp3) is 0.917. The molecule has 1 saturated carbocycles. The average molecular weight is 210 g/mol. The fourth-order valence-corrected chi connectivity index (χ4v) is 2.56. The van der Waals surface area contributed by atoms with Gasteiger partial charge in [0.05, 0.1) is 5.92 Å². The molecular weight excluding hydrogens is 188 g/mol. The first kappa shape index (κ1) is 10.9. The zero-order valence-corrected chi connectivity index (χ0v) is 9.67. The van der Waals surface area contributed by atoms with Gasteiger partial charge in [0.2, 0.25) is 5.91 Å². The molecule has 0 spiro atoms. The number of rotatable bonds is 4. The smallest absolute Gasteiger partial charge is 0.227 e. The third kappa shape index (κ3) is 2.71. The number of amides is 1. The highest BCUT2D eigenvalue weighted by atomic mass is 16.2. The Labute approximate surface area is 92.2 Å². The average Bonchev–Trinajstić information content (AvgIpc) is 2.63. The van der Waals surface area contributed by atoms with Crippen molar-refractivity contribution in [2.45, 2.75) is 32.1 Å². The molecule has 2 aliphatic rings. The van der Waals surface area contributed by atoms with Gasteiger partial charge in [-0.2, -0.15) is 0 Å². The van der Waals surface area contributed by atoms with Gasteiger partial charge >= 0.3 is 0 Å². The van der Waals surface area contributed by atoms with E-state index in [0.717, 1.165) is 25.6 Å². The highest BCUT2D eigenvalue weighted by Gasteiger charge is 2.27. The van der Waals surface area contributed by atoms with Gasteiger partial charge in [-0.3, -0.25) is 4.79 Å². The molecule has 15 heavy (non-hydrogen) atoms. The van der Waals surface area contributed by atoms with Gasteiger partial charge in [0.25, 0.3) is 0 Å². The Balaban J connectivity index is 1.66. The summed E-state index contributed by atoms with van der Waals surface area (Å²) in [5, 5.41) is 3.15. The lowest BCUT2D eigenvalue weighted by atomic mass is 10.0. The molecule has 3 heteroatoms. The van der Waals surface area contributed by atoms with Crippen LogP contribution in [-0.2, 0) is 4.79 Å². The molecule has 1 aliphatic heterocycles. The molecule has 1 heterocycles. The van der Waals surface area contributed by atoms with E-state index in [2.05, 4.69) is 5.32 Å². The van der Waals surface area contributed by atoms with Gasteiger partial charge in [0.15, 0.2) is 0 Å². The van der Waals surface area contributed by atoms with Crippen molar-refractivity contribution in [3.63, 3.8) is 0 Å². The Morgan fingerprint density at radius 2 is 2.00 bits per heavy atom. The molecule has 0 aromatic rings. The number of carbonyl (C=O) groups is 1. The van der Waals surface area contributed by atoms with Gasteiger partial charge in [-0.15, -0.1) is 0 Å². The molecule has 0 atom stereocenters. The molecule has 2 fully saturated rings. The highest BCUT2D eigenvalue weighted by molar-refractivity contribution is 5.79. The van der Waals surface area contributed by atoms with Crippen LogP contribution in [-0.4, -0.2) is 37.5 Å². The van der Waals surface area contributed by atoms with Crippen LogP contribution in [0, 0.1) is 11.8 Å². The van der Waals surface area contributed by atoms with Crippen molar-refractivity contribution in [3.8, 4) is 0 Å². The highest BCUT2D eigenvalue weighted by Crippen LogP contribution is 2.27. The number of nitrogens with zero attached hydrogens (tertiary/aromatic N) is 1. The summed E-state index contributed by atoms with van der Waals surface area (Å²) in [6.07, 6.45) is 6.77. The van der Waals surface area contributed by atoms with Crippen molar-refractivity contribution in [1.29, 1.82) is 0 Å². The largest absolute Gasteiger partial charge is 0.345 e. The summed E-state index contributed by atoms with van der Waals surface area (Å²) >= 11 is 0. The van der Waals surface area contributed by atoms with Crippen LogP contribution in [0.1, 0.15) is 32.1 Å². The number of carbonyl (C=O) groups excluding carboxylic acids is 1. The minimum absolute atomic E-state index is 0.263. The first-order chi connectivity index (χ1) is 7.27. The Morgan fingerprint density at radius 1 is 1.33 bits per heavy atom. The van der Waals surface area contributed by atoms with E-state index in [0.29, 0.717) is 5.91 Å². The van der Waals surface area contributed by atoms with Gasteiger partial charge in [0.1, 0.15) is 0 Å². The Hall–Kier alpha value is -0.570. The Morgan fingerprint density at radius 3 is 2.53 bits per heavy atom. The number of hydrogen-bond acceptors (Lipinski definition) is 2. The Bertz CT molecular complexity index is 220. The standard InChI is InChI=1S/C12H22N2O/c1-14(12(15)11-8-13-9-11)7-6-10-4-2-3-5-10/h10-11,13H,2-9H2,1H3. The van der Waals surface area contributed by atoms with Crippen molar-refractivity contribution in [2.75, 3.05) is 26.7 Å². The molecule has 86 valence electrons. The summed E-state index contributed by atoms with van der Waals surface area (Å²) in [7, 11) is 1.95. The van der Waals surface area contributed by atoms with Crippen LogP contribution < -0.4 is 5.32 Å². The fourth-order valence-electron chi connectivity index (χ4n) is 2.56. The second-order valence-electron chi connectivity index (χ2n) is 5.05. The minimum atomic E-state index is 0.263. The van der Waals surface area contributed by atoms with E-state index in [1.54, 1.807) is 0 Å². The molecule has 1 amide bonds. The van der Waals surface area contributed by atoms with Crippen LogP contribution in [0.5, 0.6) is 0 Å². The van der Waals surface area contributed by atoms with Crippen LogP contribution in [0.4, 0.5) is 0 Å². The molecule has 1 aliphatic carbocycles. The quantitative estimate of drug-likeness (QED) is 0.757. The van der Waals surface area contributed by atoms with Gasteiger partial charge in [-0.05, 0) is 12.3 Å². The van der Waals surface area contributed by atoms with Crippen molar-refractivity contribution in [2.24, 2.45) is 11.8 Å². The summed E-state index contributed by atoms with van der Waals surface area (Å²) in [4.78, 5) is 13.8. The van der Waals surface area contributed by atoms with Crippen molar-refractivity contribution in [1.82, 2.24) is 10.2 Å². The zero-order valence-electron chi connectivity index (χ0n) is 9.67. The van der Waals surface area contributed by atoms with E-state index < -0.39 is 0 Å². The van der Waals surface area contributed by atoms with Crippen LogP contribution in [0.15, 0.2) is 0 Å². The van der Waals surface area contributed by atoms with E-state index in [4.69, 9.17) is 0 Å². The molecule has 1 saturated heterocycles. The lowest BCUT2D eigenvalue weighted by Gasteiger charge is -2.30. The molecule has 2 rings (SSSR count). The van der Waals surface area contributed by atoms with Crippen LogP contribution >= 0.6 is 0 Å². The van der Waals surface area contributed by atoms with Crippen molar-refractivity contribution >= 4 is 5.91 Å². The van der Waals surface area contributed by atoms with E-state index >= 15 is 0 Å². The zero-order chi connectivity index (χ0) is 10.7. The second-order valence-corrected chi connectivity index (χ2v) is 5.05. The summed E-state index contributed by atoms with van der Waals surface area (Å²) < 4.78 is 0. The minimum Gasteiger partial charge on any atom is -0.345 e. The van der Waals surface area contributed by atoms with E-state index in [1.807, 2.05) is 11.9 Å². The molecule has 0 bridgehead atoms. The van der Waals surface area contributed by atoms with Crippen LogP contribution in [0.25, 0.3) is 0 Å². The molecule has 0 radical (unpaired) electrons. The molecule has 1 N–H and O–H groups in total. The van der Waals surface area contributed by atoms with Gasteiger partial charge in [-0.25, -0.2) is 0 Å². The first-order valence-electron chi connectivity index (χ1n) is 6.23. The topological polar surface area (TPSA) is 32.3 Å². The van der Waals surface area contributed by atoms with Crippen molar-refractivity contribution < 1.29 is 4.79 Å².